The van der Waals surface area contributed by atoms with Crippen molar-refractivity contribution in [3.63, 3.8) is 0 Å². The second kappa shape index (κ2) is 6.17. The Labute approximate surface area is 162 Å². The van der Waals surface area contributed by atoms with Crippen molar-refractivity contribution in [3.8, 4) is 0 Å². The highest BCUT2D eigenvalue weighted by molar-refractivity contribution is 5.93. The van der Waals surface area contributed by atoms with Crippen molar-refractivity contribution in [1.82, 2.24) is 0 Å². The molecule has 1 aromatic rings. The summed E-state index contributed by atoms with van der Waals surface area (Å²) in [6, 6.07) is 9.03. The van der Waals surface area contributed by atoms with Gasteiger partial charge in [-0.15, -0.1) is 0 Å². The van der Waals surface area contributed by atoms with E-state index in [1.807, 2.05) is 6.08 Å². The minimum absolute atomic E-state index is 0.0238. The topological polar surface area (TPSA) is 37.3 Å². The summed E-state index contributed by atoms with van der Waals surface area (Å²) in [6.07, 6.45) is 8.67. The van der Waals surface area contributed by atoms with Gasteiger partial charge in [0.05, 0.1) is 6.10 Å². The lowest BCUT2D eigenvalue weighted by Crippen LogP contribution is -2.45. The summed E-state index contributed by atoms with van der Waals surface area (Å²) in [4.78, 5) is 12.0. The maximum absolute atomic E-state index is 12.0. The first-order chi connectivity index (χ1) is 13.0. The van der Waals surface area contributed by atoms with Crippen molar-refractivity contribution in [2.45, 2.75) is 70.8 Å². The predicted molar refractivity (Wildman–Crippen MR) is 107 cm³/mol. The number of fused-ring (bicyclic) bond motifs is 4. The molecule has 1 aromatic carbocycles. The summed E-state index contributed by atoms with van der Waals surface area (Å²) >= 11 is 0. The maximum atomic E-state index is 12.0. The van der Waals surface area contributed by atoms with Gasteiger partial charge in [0.1, 0.15) is 0 Å². The van der Waals surface area contributed by atoms with Crippen LogP contribution < -0.4 is 0 Å². The summed E-state index contributed by atoms with van der Waals surface area (Å²) in [5.41, 5.74) is 7.15. The molecule has 0 radical (unpaired) electrons. The fraction of sp³-hybridized carbons (Fsp3) is 0.560. The fourth-order valence-corrected chi connectivity index (χ4v) is 6.73. The van der Waals surface area contributed by atoms with Crippen molar-refractivity contribution in [3.05, 3.63) is 58.2 Å². The molecule has 4 aliphatic rings. The van der Waals surface area contributed by atoms with E-state index >= 15 is 0 Å². The largest absolute Gasteiger partial charge is 0.393 e. The zero-order valence-electron chi connectivity index (χ0n) is 16.5. The van der Waals surface area contributed by atoms with Crippen LogP contribution in [0.4, 0.5) is 0 Å². The van der Waals surface area contributed by atoms with Crippen LogP contribution in [-0.2, 0) is 4.79 Å². The second-order valence-electron chi connectivity index (χ2n) is 9.59. The number of hydrogen-bond donors (Lipinski definition) is 1. The highest BCUT2D eigenvalue weighted by Crippen LogP contribution is 2.63. The SMILES string of the molecule is Cc1ccc(C2CC3(C)C(O)CCC3C3CCC4=CC(=O)CCC4=C23)cc1. The zero-order chi connectivity index (χ0) is 18.8. The highest BCUT2D eigenvalue weighted by atomic mass is 16.3. The molecule has 2 nitrogen and oxygen atoms in total. The Balaban J connectivity index is 1.68. The predicted octanol–water partition coefficient (Wildman–Crippen LogP) is 5.26. The second-order valence-corrected chi connectivity index (χ2v) is 9.59. The Morgan fingerprint density at radius 3 is 2.59 bits per heavy atom. The Hall–Kier alpha value is -1.67. The summed E-state index contributed by atoms with van der Waals surface area (Å²) in [5, 5.41) is 10.9. The van der Waals surface area contributed by atoms with E-state index in [1.54, 1.807) is 5.57 Å². The molecule has 27 heavy (non-hydrogen) atoms. The van der Waals surface area contributed by atoms with Gasteiger partial charge in [-0.3, -0.25) is 4.79 Å². The van der Waals surface area contributed by atoms with E-state index in [4.69, 9.17) is 0 Å². The number of carbonyl (C=O) groups excluding carboxylic acids is 1. The van der Waals surface area contributed by atoms with Gasteiger partial charge in [-0.25, -0.2) is 0 Å². The number of carbonyl (C=O) groups is 1. The van der Waals surface area contributed by atoms with Crippen LogP contribution >= 0.6 is 0 Å². The van der Waals surface area contributed by atoms with Gasteiger partial charge in [-0.05, 0) is 85.5 Å². The Kier molecular flexibility index (Phi) is 3.98. The molecule has 0 aliphatic heterocycles. The average molecular weight is 363 g/mol. The van der Waals surface area contributed by atoms with E-state index < -0.39 is 0 Å². The van der Waals surface area contributed by atoms with Gasteiger partial charge in [0, 0.05) is 12.3 Å². The number of ketones is 1. The van der Waals surface area contributed by atoms with Gasteiger partial charge in [0.2, 0.25) is 0 Å². The number of hydrogen-bond acceptors (Lipinski definition) is 2. The number of allylic oxidation sites excluding steroid dienone is 4. The normalized spacial score (nSPS) is 38.2. The van der Waals surface area contributed by atoms with Crippen molar-refractivity contribution in [1.29, 1.82) is 0 Å². The lowest BCUT2D eigenvalue weighted by molar-refractivity contribution is -0.114. The summed E-state index contributed by atoms with van der Waals surface area (Å²) < 4.78 is 0. The number of aryl methyl sites for hydroxylation is 1. The summed E-state index contributed by atoms with van der Waals surface area (Å²) in [7, 11) is 0. The summed E-state index contributed by atoms with van der Waals surface area (Å²) in [6.45, 7) is 4.48. The van der Waals surface area contributed by atoms with E-state index in [9.17, 15) is 9.90 Å². The molecule has 2 saturated carbocycles. The molecule has 2 heteroatoms. The molecule has 0 amide bonds. The Bertz CT molecular complexity index is 844. The van der Waals surface area contributed by atoms with Gasteiger partial charge in [0.25, 0.3) is 0 Å². The van der Waals surface area contributed by atoms with Gasteiger partial charge in [0.15, 0.2) is 5.78 Å². The molecule has 5 rings (SSSR count). The molecule has 0 spiro atoms. The van der Waals surface area contributed by atoms with Crippen LogP contribution in [0.2, 0.25) is 0 Å². The van der Waals surface area contributed by atoms with Gasteiger partial charge in [-0.2, -0.15) is 0 Å². The molecule has 2 fully saturated rings. The maximum Gasteiger partial charge on any atom is 0.156 e. The molecular weight excluding hydrogens is 332 g/mol. The lowest BCUT2D eigenvalue weighted by atomic mass is 9.53. The van der Waals surface area contributed by atoms with Crippen LogP contribution in [-0.4, -0.2) is 17.0 Å². The third-order valence-corrected chi connectivity index (χ3v) is 8.16. The van der Waals surface area contributed by atoms with Crippen molar-refractivity contribution < 1.29 is 9.90 Å². The standard InChI is InChI=1S/C25H30O2/c1-15-3-5-16(6-4-15)21-14-25(2)22(11-12-23(25)27)20-9-7-17-13-18(26)8-10-19(17)24(20)21/h3-6,13,20-23,27H,7-12,14H2,1-2H3. The molecule has 0 saturated heterocycles. The highest BCUT2D eigenvalue weighted by Gasteiger charge is 2.56. The van der Waals surface area contributed by atoms with Crippen LogP contribution in [0.15, 0.2) is 47.1 Å². The van der Waals surface area contributed by atoms with E-state index in [0.717, 1.165) is 38.5 Å². The van der Waals surface area contributed by atoms with E-state index in [1.165, 1.54) is 22.3 Å². The van der Waals surface area contributed by atoms with Crippen molar-refractivity contribution >= 4 is 5.78 Å². The number of aliphatic hydroxyl groups is 1. The quantitative estimate of drug-likeness (QED) is 0.740. The van der Waals surface area contributed by atoms with Crippen molar-refractivity contribution in [2.24, 2.45) is 17.3 Å². The first-order valence-corrected chi connectivity index (χ1v) is 10.7. The fourth-order valence-electron chi connectivity index (χ4n) is 6.73. The van der Waals surface area contributed by atoms with Gasteiger partial charge < -0.3 is 5.11 Å². The molecule has 4 aliphatic carbocycles. The first-order valence-electron chi connectivity index (χ1n) is 10.7. The molecule has 0 heterocycles. The van der Waals surface area contributed by atoms with Crippen LogP contribution in [0.3, 0.4) is 0 Å². The number of rotatable bonds is 1. The molecule has 5 unspecified atom stereocenters. The first kappa shape index (κ1) is 17.4. The molecule has 0 bridgehead atoms. The van der Waals surface area contributed by atoms with E-state index in [2.05, 4.69) is 38.1 Å². The Morgan fingerprint density at radius 2 is 1.81 bits per heavy atom. The monoisotopic (exact) mass is 362 g/mol. The van der Waals surface area contributed by atoms with Gasteiger partial charge in [-0.1, -0.05) is 42.3 Å². The molecule has 142 valence electrons. The van der Waals surface area contributed by atoms with E-state index in [0.29, 0.717) is 30.0 Å². The minimum atomic E-state index is -0.174. The van der Waals surface area contributed by atoms with Gasteiger partial charge >= 0.3 is 0 Å². The lowest BCUT2D eigenvalue weighted by Gasteiger charge is -2.52. The minimum Gasteiger partial charge on any atom is -0.393 e. The smallest absolute Gasteiger partial charge is 0.156 e. The Morgan fingerprint density at radius 1 is 1.04 bits per heavy atom. The third kappa shape index (κ3) is 2.60. The molecule has 1 N–H and O–H groups in total. The van der Waals surface area contributed by atoms with E-state index in [-0.39, 0.29) is 11.5 Å². The molecular formula is C25H30O2. The molecule has 0 aromatic heterocycles. The van der Waals surface area contributed by atoms with Crippen molar-refractivity contribution in [2.75, 3.05) is 0 Å². The zero-order valence-corrected chi connectivity index (χ0v) is 16.5. The number of benzene rings is 1. The molecule has 5 atom stereocenters. The summed E-state index contributed by atoms with van der Waals surface area (Å²) in [5.74, 6) is 1.86. The van der Waals surface area contributed by atoms with Crippen LogP contribution in [0.25, 0.3) is 0 Å². The number of aliphatic hydroxyl groups excluding tert-OH is 1. The van der Waals surface area contributed by atoms with Crippen LogP contribution in [0.1, 0.15) is 68.9 Å². The average Bonchev–Trinajstić information content (AvgIpc) is 2.96. The van der Waals surface area contributed by atoms with Crippen LogP contribution in [0, 0.1) is 24.2 Å². The van der Waals surface area contributed by atoms with Crippen LogP contribution in [0.5, 0.6) is 0 Å². The third-order valence-electron chi connectivity index (χ3n) is 8.16.